The molecule has 0 aromatic rings. The maximum Gasteiger partial charge on any atom is 0.305 e. The third-order valence-electron chi connectivity index (χ3n) is 6.20. The molecule has 0 bridgehead atoms. The summed E-state index contributed by atoms with van der Waals surface area (Å²) in [5, 5.41) is 0. The standard InChI is InChI=1S/C25H40O3/c1-6-7-10-13-19(2)24(26)17-16-23-21(4)18-20(3)22(23)14-11-8-9-12-15-25(27)28-5/h16-17,19-23H,6,8-9,11-15,18H2,1-5H3/b17-16+/t19-,20-,21+,22-,23-/m0/s1. The highest BCUT2D eigenvalue weighted by atomic mass is 16.5. The van der Waals surface area contributed by atoms with E-state index in [1.54, 1.807) is 0 Å². The van der Waals surface area contributed by atoms with E-state index < -0.39 is 0 Å². The molecule has 1 fully saturated rings. The molecule has 0 spiro atoms. The van der Waals surface area contributed by atoms with Gasteiger partial charge in [0.2, 0.25) is 0 Å². The van der Waals surface area contributed by atoms with Crippen molar-refractivity contribution >= 4 is 11.8 Å². The molecular weight excluding hydrogens is 348 g/mol. The van der Waals surface area contributed by atoms with Crippen molar-refractivity contribution in [2.75, 3.05) is 7.11 Å². The fourth-order valence-electron chi connectivity index (χ4n) is 4.46. The predicted molar refractivity (Wildman–Crippen MR) is 116 cm³/mol. The number of allylic oxidation sites excluding steroid dienone is 2. The van der Waals surface area contributed by atoms with Crippen LogP contribution in [0.5, 0.6) is 0 Å². The van der Waals surface area contributed by atoms with Crippen LogP contribution in [0.4, 0.5) is 0 Å². The zero-order valence-corrected chi connectivity index (χ0v) is 18.6. The molecule has 0 saturated heterocycles. The molecule has 3 heteroatoms. The number of carbonyl (C=O) groups excluding carboxylic acids is 2. The van der Waals surface area contributed by atoms with Gasteiger partial charge in [0.15, 0.2) is 5.78 Å². The Morgan fingerprint density at radius 2 is 1.82 bits per heavy atom. The lowest BCUT2D eigenvalue weighted by molar-refractivity contribution is -0.140. The third kappa shape index (κ3) is 8.63. The molecule has 158 valence electrons. The normalized spacial score (nSPS) is 25.3. The molecule has 1 aliphatic rings. The van der Waals surface area contributed by atoms with Crippen LogP contribution in [0.1, 0.15) is 85.5 Å². The van der Waals surface area contributed by atoms with Crippen molar-refractivity contribution < 1.29 is 14.3 Å². The SMILES string of the molecule is CCC#CC[C@H](C)C(=O)/C=C/[C@@H]1[C@@H](CCCCCCC(=O)OC)[C@@H](C)C[C@H]1C. The van der Waals surface area contributed by atoms with Crippen LogP contribution in [0, 0.1) is 41.4 Å². The van der Waals surface area contributed by atoms with Crippen LogP contribution in [0.25, 0.3) is 0 Å². The van der Waals surface area contributed by atoms with Gasteiger partial charge in [-0.25, -0.2) is 0 Å². The molecule has 3 nitrogen and oxygen atoms in total. The van der Waals surface area contributed by atoms with Gasteiger partial charge in [-0.3, -0.25) is 9.59 Å². The van der Waals surface area contributed by atoms with Gasteiger partial charge in [0.25, 0.3) is 0 Å². The van der Waals surface area contributed by atoms with E-state index in [1.807, 2.05) is 19.9 Å². The molecule has 5 atom stereocenters. The fourth-order valence-corrected chi connectivity index (χ4v) is 4.46. The molecule has 0 aliphatic heterocycles. The Bertz CT molecular complexity index is 566. The lowest BCUT2D eigenvalue weighted by Gasteiger charge is -2.22. The highest BCUT2D eigenvalue weighted by molar-refractivity contribution is 5.91. The van der Waals surface area contributed by atoms with Gasteiger partial charge in [-0.2, -0.15) is 0 Å². The Hall–Kier alpha value is -1.56. The summed E-state index contributed by atoms with van der Waals surface area (Å²) in [4.78, 5) is 23.6. The van der Waals surface area contributed by atoms with Gasteiger partial charge in [0.05, 0.1) is 7.11 Å². The second kappa shape index (κ2) is 13.6. The average molecular weight is 389 g/mol. The quantitative estimate of drug-likeness (QED) is 0.189. The number of methoxy groups -OCH3 is 1. The Morgan fingerprint density at radius 1 is 1.11 bits per heavy atom. The first-order valence-electron chi connectivity index (χ1n) is 11.1. The van der Waals surface area contributed by atoms with E-state index in [0.29, 0.717) is 36.5 Å². The van der Waals surface area contributed by atoms with Crippen LogP contribution in [-0.4, -0.2) is 18.9 Å². The van der Waals surface area contributed by atoms with Gasteiger partial charge in [0.1, 0.15) is 0 Å². The second-order valence-electron chi connectivity index (χ2n) is 8.53. The van der Waals surface area contributed by atoms with Crippen LogP contribution in [-0.2, 0) is 14.3 Å². The van der Waals surface area contributed by atoms with E-state index in [4.69, 9.17) is 0 Å². The molecule has 0 radical (unpaired) electrons. The molecule has 1 rings (SSSR count). The highest BCUT2D eigenvalue weighted by Gasteiger charge is 2.36. The first kappa shape index (κ1) is 24.5. The maximum atomic E-state index is 12.4. The molecule has 0 heterocycles. The molecule has 0 N–H and O–H groups in total. The minimum Gasteiger partial charge on any atom is -0.469 e. The molecule has 1 aliphatic carbocycles. The average Bonchev–Trinajstić information content (AvgIpc) is 2.94. The van der Waals surface area contributed by atoms with E-state index in [1.165, 1.54) is 26.4 Å². The minimum absolute atomic E-state index is 0.0160. The van der Waals surface area contributed by atoms with Gasteiger partial charge in [0, 0.05) is 25.2 Å². The predicted octanol–water partition coefficient (Wildman–Crippen LogP) is 5.97. The zero-order valence-electron chi connectivity index (χ0n) is 18.6. The van der Waals surface area contributed by atoms with Crippen molar-refractivity contribution in [1.82, 2.24) is 0 Å². The van der Waals surface area contributed by atoms with Crippen LogP contribution < -0.4 is 0 Å². The Balaban J connectivity index is 2.47. The number of esters is 1. The summed E-state index contributed by atoms with van der Waals surface area (Å²) in [6.45, 7) is 8.68. The van der Waals surface area contributed by atoms with Gasteiger partial charge >= 0.3 is 5.97 Å². The van der Waals surface area contributed by atoms with Crippen LogP contribution in [0.3, 0.4) is 0 Å². The van der Waals surface area contributed by atoms with Crippen LogP contribution in [0.2, 0.25) is 0 Å². The molecule has 0 aromatic carbocycles. The van der Waals surface area contributed by atoms with Crippen molar-refractivity contribution in [2.45, 2.75) is 85.5 Å². The molecule has 0 aromatic heterocycles. The van der Waals surface area contributed by atoms with E-state index in [9.17, 15) is 9.59 Å². The lowest BCUT2D eigenvalue weighted by Crippen LogP contribution is -2.15. The number of rotatable bonds is 11. The summed E-state index contributed by atoms with van der Waals surface area (Å²) in [5.74, 6) is 8.73. The van der Waals surface area contributed by atoms with E-state index in [0.717, 1.165) is 25.7 Å². The Kier molecular flexibility index (Phi) is 11.9. The zero-order chi connectivity index (χ0) is 20.9. The van der Waals surface area contributed by atoms with Crippen molar-refractivity contribution in [3.05, 3.63) is 12.2 Å². The summed E-state index contributed by atoms with van der Waals surface area (Å²) in [6, 6.07) is 0. The van der Waals surface area contributed by atoms with E-state index >= 15 is 0 Å². The number of unbranched alkanes of at least 4 members (excludes halogenated alkanes) is 3. The topological polar surface area (TPSA) is 43.4 Å². The Labute approximate surface area is 172 Å². The number of hydrogen-bond acceptors (Lipinski definition) is 3. The third-order valence-corrected chi connectivity index (χ3v) is 6.20. The summed E-state index contributed by atoms with van der Waals surface area (Å²) < 4.78 is 4.69. The molecule has 0 amide bonds. The van der Waals surface area contributed by atoms with E-state index in [-0.39, 0.29) is 17.7 Å². The molecule has 0 unspecified atom stereocenters. The maximum absolute atomic E-state index is 12.4. The van der Waals surface area contributed by atoms with Gasteiger partial charge in [-0.15, -0.1) is 11.8 Å². The number of ether oxygens (including phenoxy) is 1. The van der Waals surface area contributed by atoms with Crippen molar-refractivity contribution in [3.8, 4) is 11.8 Å². The largest absolute Gasteiger partial charge is 0.469 e. The summed E-state index contributed by atoms with van der Waals surface area (Å²) in [5.41, 5.74) is 0. The first-order chi connectivity index (χ1) is 13.4. The monoisotopic (exact) mass is 388 g/mol. The summed E-state index contributed by atoms with van der Waals surface area (Å²) in [7, 11) is 1.45. The van der Waals surface area contributed by atoms with Crippen molar-refractivity contribution in [3.63, 3.8) is 0 Å². The summed E-state index contributed by atoms with van der Waals surface area (Å²) >= 11 is 0. The smallest absolute Gasteiger partial charge is 0.305 e. The fraction of sp³-hybridized carbons (Fsp3) is 0.760. The first-order valence-corrected chi connectivity index (χ1v) is 11.1. The lowest BCUT2D eigenvalue weighted by atomic mass is 9.83. The van der Waals surface area contributed by atoms with Crippen LogP contribution in [0.15, 0.2) is 12.2 Å². The molecule has 1 saturated carbocycles. The number of hydrogen-bond donors (Lipinski definition) is 0. The van der Waals surface area contributed by atoms with Crippen molar-refractivity contribution in [1.29, 1.82) is 0 Å². The minimum atomic E-state index is -0.108. The second-order valence-corrected chi connectivity index (χ2v) is 8.53. The van der Waals surface area contributed by atoms with E-state index in [2.05, 4.69) is 36.5 Å². The van der Waals surface area contributed by atoms with Crippen molar-refractivity contribution in [2.24, 2.45) is 29.6 Å². The molecule has 28 heavy (non-hydrogen) atoms. The van der Waals surface area contributed by atoms with Gasteiger partial charge < -0.3 is 4.74 Å². The van der Waals surface area contributed by atoms with Crippen LogP contribution >= 0.6 is 0 Å². The number of carbonyl (C=O) groups is 2. The number of ketones is 1. The van der Waals surface area contributed by atoms with Gasteiger partial charge in [-0.1, -0.05) is 53.0 Å². The highest BCUT2D eigenvalue weighted by Crippen LogP contribution is 2.44. The Morgan fingerprint density at radius 3 is 2.50 bits per heavy atom. The van der Waals surface area contributed by atoms with Gasteiger partial charge in [-0.05, 0) is 49.0 Å². The summed E-state index contributed by atoms with van der Waals surface area (Å²) in [6.07, 6.45) is 12.9. The molecular formula is C25H40O3.